The van der Waals surface area contributed by atoms with Gasteiger partial charge in [-0.15, -0.1) is 0 Å². The van der Waals surface area contributed by atoms with Gasteiger partial charge in [-0.3, -0.25) is 0 Å². The number of nitrogens with zero attached hydrogens (tertiary/aromatic N) is 1. The fourth-order valence-corrected chi connectivity index (χ4v) is 2.01. The van der Waals surface area contributed by atoms with Crippen molar-refractivity contribution in [2.75, 3.05) is 26.7 Å². The summed E-state index contributed by atoms with van der Waals surface area (Å²) >= 11 is 0. The third-order valence-electron chi connectivity index (χ3n) is 3.02. The van der Waals surface area contributed by atoms with E-state index in [1.165, 1.54) is 49.8 Å². The maximum Gasteiger partial charge on any atom is 0.0799 e. The second-order valence-corrected chi connectivity index (χ2v) is 4.62. The lowest BCUT2D eigenvalue weighted by Crippen LogP contribution is -2.49. The monoisotopic (exact) mass is 171 g/mol. The largest absolute Gasteiger partial charge is 0.328 e. The Morgan fingerprint density at radius 2 is 1.83 bits per heavy atom. The Morgan fingerprint density at radius 1 is 1.25 bits per heavy atom. The van der Waals surface area contributed by atoms with E-state index >= 15 is 0 Å². The number of hydrogen-bond donors (Lipinski definition) is 1. The lowest BCUT2D eigenvalue weighted by Gasteiger charge is -2.38. The Hall–Kier alpha value is -0.0800. The zero-order chi connectivity index (χ0) is 9.03. The number of piperidine rings is 1. The van der Waals surface area contributed by atoms with Crippen LogP contribution in [0.3, 0.4) is 0 Å². The topological polar surface area (TPSA) is 26.0 Å². The van der Waals surface area contributed by atoms with Crippen molar-refractivity contribution in [3.63, 3.8) is 0 Å². The van der Waals surface area contributed by atoms with E-state index in [4.69, 9.17) is 5.73 Å². The van der Waals surface area contributed by atoms with E-state index in [9.17, 15) is 0 Å². The molecule has 0 amide bonds. The van der Waals surface area contributed by atoms with Crippen LogP contribution in [0.25, 0.3) is 0 Å². The van der Waals surface area contributed by atoms with Crippen LogP contribution in [0.4, 0.5) is 0 Å². The van der Waals surface area contributed by atoms with E-state index in [2.05, 4.69) is 14.0 Å². The van der Waals surface area contributed by atoms with Gasteiger partial charge in [-0.05, 0) is 26.2 Å². The second kappa shape index (κ2) is 4.24. The number of quaternary nitrogens is 1. The Kier molecular flexibility index (Phi) is 3.53. The van der Waals surface area contributed by atoms with Crippen molar-refractivity contribution in [2.45, 2.75) is 38.6 Å². The van der Waals surface area contributed by atoms with Crippen molar-refractivity contribution in [1.29, 1.82) is 0 Å². The molecule has 1 heterocycles. The molecule has 0 saturated carbocycles. The molecule has 1 unspecified atom stereocenters. The van der Waals surface area contributed by atoms with Crippen LogP contribution in [0.2, 0.25) is 0 Å². The number of nitrogens with two attached hydrogens (primary N) is 1. The summed E-state index contributed by atoms with van der Waals surface area (Å²) < 4.78 is 1.27. The molecule has 1 saturated heterocycles. The average Bonchev–Trinajstić information content (AvgIpc) is 2.03. The molecule has 0 bridgehead atoms. The van der Waals surface area contributed by atoms with Gasteiger partial charge in [0.05, 0.1) is 26.7 Å². The Labute approximate surface area is 76.3 Å². The molecule has 2 heteroatoms. The predicted molar refractivity (Wildman–Crippen MR) is 52.9 cm³/mol. The van der Waals surface area contributed by atoms with Crippen molar-refractivity contribution in [3.05, 3.63) is 0 Å². The van der Waals surface area contributed by atoms with E-state index in [0.29, 0.717) is 6.04 Å². The molecule has 0 aromatic rings. The summed E-state index contributed by atoms with van der Waals surface area (Å²) in [5.74, 6) is 0. The fourth-order valence-electron chi connectivity index (χ4n) is 2.01. The molecule has 0 radical (unpaired) electrons. The SMILES string of the molecule is CC(N)CC[N+]1(C)CCCCC1. The van der Waals surface area contributed by atoms with E-state index in [0.717, 1.165) is 0 Å². The highest BCUT2D eigenvalue weighted by Crippen LogP contribution is 2.16. The molecule has 0 aromatic heterocycles. The van der Waals surface area contributed by atoms with Gasteiger partial charge in [0.15, 0.2) is 0 Å². The van der Waals surface area contributed by atoms with Crippen LogP contribution in [-0.2, 0) is 0 Å². The summed E-state index contributed by atoms with van der Waals surface area (Å²) in [5.41, 5.74) is 5.76. The van der Waals surface area contributed by atoms with Crippen molar-refractivity contribution in [1.82, 2.24) is 0 Å². The maximum atomic E-state index is 5.76. The molecule has 72 valence electrons. The van der Waals surface area contributed by atoms with Crippen molar-refractivity contribution >= 4 is 0 Å². The van der Waals surface area contributed by atoms with Crippen LogP contribution in [0.1, 0.15) is 32.6 Å². The molecule has 0 aromatic carbocycles. The summed E-state index contributed by atoms with van der Waals surface area (Å²) in [5, 5.41) is 0. The highest BCUT2D eigenvalue weighted by molar-refractivity contribution is 4.56. The van der Waals surface area contributed by atoms with Gasteiger partial charge in [-0.25, -0.2) is 0 Å². The van der Waals surface area contributed by atoms with Crippen LogP contribution < -0.4 is 5.73 Å². The van der Waals surface area contributed by atoms with Crippen LogP contribution in [0, 0.1) is 0 Å². The summed E-state index contributed by atoms with van der Waals surface area (Å²) in [6.45, 7) is 6.12. The van der Waals surface area contributed by atoms with Gasteiger partial charge >= 0.3 is 0 Å². The fraction of sp³-hybridized carbons (Fsp3) is 1.00. The molecule has 1 fully saturated rings. The lowest BCUT2D eigenvalue weighted by molar-refractivity contribution is -0.914. The number of hydrogen-bond acceptors (Lipinski definition) is 1. The standard InChI is InChI=1S/C10H23N2/c1-10(11)6-9-12(2)7-4-3-5-8-12/h10H,3-9,11H2,1-2H3/q+1. The van der Waals surface area contributed by atoms with Crippen LogP contribution in [-0.4, -0.2) is 37.2 Å². The first kappa shape index (κ1) is 10.0. The van der Waals surface area contributed by atoms with Crippen LogP contribution in [0.5, 0.6) is 0 Å². The van der Waals surface area contributed by atoms with Crippen molar-refractivity contribution < 1.29 is 4.48 Å². The predicted octanol–water partition coefficient (Wildman–Crippen LogP) is 1.35. The van der Waals surface area contributed by atoms with Gasteiger partial charge in [-0.1, -0.05) is 0 Å². The quantitative estimate of drug-likeness (QED) is 0.637. The smallest absolute Gasteiger partial charge is 0.0799 e. The molecule has 2 nitrogen and oxygen atoms in total. The molecule has 1 rings (SSSR count). The molecule has 0 aliphatic carbocycles. The highest BCUT2D eigenvalue weighted by atomic mass is 15.3. The summed E-state index contributed by atoms with van der Waals surface area (Å²) in [7, 11) is 2.38. The zero-order valence-corrected chi connectivity index (χ0v) is 8.55. The minimum absolute atomic E-state index is 0.377. The molecular formula is C10H23N2+. The van der Waals surface area contributed by atoms with Crippen molar-refractivity contribution in [3.8, 4) is 0 Å². The highest BCUT2D eigenvalue weighted by Gasteiger charge is 2.24. The summed E-state index contributed by atoms with van der Waals surface area (Å²) in [4.78, 5) is 0. The van der Waals surface area contributed by atoms with Gasteiger partial charge in [0.2, 0.25) is 0 Å². The minimum Gasteiger partial charge on any atom is -0.328 e. The third kappa shape index (κ3) is 3.11. The summed E-state index contributed by atoms with van der Waals surface area (Å²) in [6, 6.07) is 0.377. The first-order chi connectivity index (χ1) is 5.62. The summed E-state index contributed by atoms with van der Waals surface area (Å²) in [6.07, 6.45) is 5.44. The Morgan fingerprint density at radius 3 is 2.33 bits per heavy atom. The van der Waals surface area contributed by atoms with Gasteiger partial charge in [0, 0.05) is 12.5 Å². The van der Waals surface area contributed by atoms with Crippen molar-refractivity contribution in [2.24, 2.45) is 5.73 Å². The molecule has 0 spiro atoms. The minimum atomic E-state index is 0.377. The van der Waals surface area contributed by atoms with Gasteiger partial charge in [-0.2, -0.15) is 0 Å². The van der Waals surface area contributed by atoms with Gasteiger partial charge in [0.1, 0.15) is 0 Å². The van der Waals surface area contributed by atoms with Gasteiger partial charge in [0.25, 0.3) is 0 Å². The number of likely N-dealkylation sites (tertiary alicyclic amines) is 1. The van der Waals surface area contributed by atoms with Crippen LogP contribution in [0.15, 0.2) is 0 Å². The van der Waals surface area contributed by atoms with E-state index in [1.807, 2.05) is 0 Å². The van der Waals surface area contributed by atoms with E-state index < -0.39 is 0 Å². The molecule has 12 heavy (non-hydrogen) atoms. The van der Waals surface area contributed by atoms with E-state index in [-0.39, 0.29) is 0 Å². The number of rotatable bonds is 3. The Balaban J connectivity index is 2.26. The normalized spacial score (nSPS) is 25.2. The second-order valence-electron chi connectivity index (χ2n) is 4.62. The first-order valence-electron chi connectivity index (χ1n) is 5.21. The van der Waals surface area contributed by atoms with Gasteiger partial charge < -0.3 is 10.2 Å². The van der Waals surface area contributed by atoms with Crippen LogP contribution >= 0.6 is 0 Å². The molecule has 1 aliphatic rings. The maximum absolute atomic E-state index is 5.76. The van der Waals surface area contributed by atoms with E-state index in [1.54, 1.807) is 0 Å². The lowest BCUT2D eigenvalue weighted by atomic mass is 10.1. The first-order valence-corrected chi connectivity index (χ1v) is 5.21. The molecule has 1 atom stereocenters. The Bertz CT molecular complexity index is 126. The molecule has 1 aliphatic heterocycles. The molecule has 2 N–H and O–H groups in total. The molecular weight excluding hydrogens is 148 g/mol. The average molecular weight is 171 g/mol. The third-order valence-corrected chi connectivity index (χ3v) is 3.02. The zero-order valence-electron chi connectivity index (χ0n) is 8.55.